The Hall–Kier alpha value is -0.710. The fourth-order valence-corrected chi connectivity index (χ4v) is 2.54. The Morgan fingerprint density at radius 2 is 2.43 bits per heavy atom. The molecule has 1 unspecified atom stereocenters. The smallest absolute Gasteiger partial charge is 0.106 e. The number of nitrogens with one attached hydrogen (secondary N) is 1. The molecule has 2 rings (SSSR count). The van der Waals surface area contributed by atoms with Crippen molar-refractivity contribution in [1.29, 1.82) is 0 Å². The third kappa shape index (κ3) is 2.41. The second-order valence-electron chi connectivity index (χ2n) is 3.09. The van der Waals surface area contributed by atoms with Gasteiger partial charge in [-0.05, 0) is 29.3 Å². The molecule has 74 valence electrons. The van der Waals surface area contributed by atoms with Crippen LogP contribution in [0.25, 0.3) is 0 Å². The average molecular weight is 224 g/mol. The molecule has 1 atom stereocenters. The van der Waals surface area contributed by atoms with Gasteiger partial charge in [0.05, 0.1) is 0 Å². The number of thiazole rings is 1. The zero-order valence-corrected chi connectivity index (χ0v) is 9.57. The maximum Gasteiger partial charge on any atom is 0.106 e. The summed E-state index contributed by atoms with van der Waals surface area (Å²) in [4.78, 5) is 4.23. The molecule has 0 aliphatic rings. The summed E-state index contributed by atoms with van der Waals surface area (Å²) < 4.78 is 0. The maximum atomic E-state index is 4.23. The predicted octanol–water partition coefficient (Wildman–Crippen LogP) is 3.06. The van der Waals surface area contributed by atoms with E-state index in [0.717, 1.165) is 11.6 Å². The minimum absolute atomic E-state index is 0.408. The van der Waals surface area contributed by atoms with Crippen LogP contribution in [0.1, 0.15) is 23.5 Å². The molecule has 0 saturated heterocycles. The van der Waals surface area contributed by atoms with E-state index >= 15 is 0 Å². The summed E-state index contributed by atoms with van der Waals surface area (Å²) in [6.45, 7) is 3.03. The second kappa shape index (κ2) is 4.68. The number of hydrogen-bond donors (Lipinski definition) is 1. The van der Waals surface area contributed by atoms with E-state index in [1.165, 1.54) is 5.56 Å². The monoisotopic (exact) mass is 224 g/mol. The Bertz CT molecular complexity index is 353. The van der Waals surface area contributed by atoms with Crippen molar-refractivity contribution in [2.45, 2.75) is 19.5 Å². The minimum atomic E-state index is 0.408. The summed E-state index contributed by atoms with van der Waals surface area (Å²) in [5, 5.41) is 10.9. The number of nitrogens with zero attached hydrogens (tertiary/aromatic N) is 1. The summed E-state index contributed by atoms with van der Waals surface area (Å²) in [5.41, 5.74) is 1.35. The molecule has 0 aromatic carbocycles. The molecule has 0 radical (unpaired) electrons. The summed E-state index contributed by atoms with van der Waals surface area (Å²) in [7, 11) is 0. The normalized spacial score (nSPS) is 12.9. The summed E-state index contributed by atoms with van der Waals surface area (Å²) in [5.74, 6) is 0. The molecule has 0 spiro atoms. The molecule has 2 heterocycles. The SMILES string of the molecule is CC(NCc1nccs1)c1ccsc1. The molecule has 2 nitrogen and oxygen atoms in total. The highest BCUT2D eigenvalue weighted by Crippen LogP contribution is 2.16. The van der Waals surface area contributed by atoms with E-state index in [1.54, 1.807) is 22.7 Å². The number of hydrogen-bond acceptors (Lipinski definition) is 4. The van der Waals surface area contributed by atoms with Gasteiger partial charge in [0, 0.05) is 24.2 Å². The highest BCUT2D eigenvalue weighted by molar-refractivity contribution is 7.09. The Morgan fingerprint density at radius 1 is 1.50 bits per heavy atom. The lowest BCUT2D eigenvalue weighted by Crippen LogP contribution is -2.17. The van der Waals surface area contributed by atoms with Crippen molar-refractivity contribution in [3.8, 4) is 0 Å². The average Bonchev–Trinajstić information content (AvgIpc) is 2.87. The second-order valence-corrected chi connectivity index (χ2v) is 4.84. The van der Waals surface area contributed by atoms with Gasteiger partial charge in [0.1, 0.15) is 5.01 Å². The van der Waals surface area contributed by atoms with E-state index in [-0.39, 0.29) is 0 Å². The van der Waals surface area contributed by atoms with E-state index in [1.807, 2.05) is 11.6 Å². The van der Waals surface area contributed by atoms with Crippen molar-refractivity contribution in [2.24, 2.45) is 0 Å². The van der Waals surface area contributed by atoms with E-state index in [2.05, 4.69) is 34.1 Å². The summed E-state index contributed by atoms with van der Waals surface area (Å²) >= 11 is 3.43. The van der Waals surface area contributed by atoms with Crippen molar-refractivity contribution in [1.82, 2.24) is 10.3 Å². The van der Waals surface area contributed by atoms with Crippen molar-refractivity contribution >= 4 is 22.7 Å². The lowest BCUT2D eigenvalue weighted by molar-refractivity contribution is 0.575. The number of rotatable bonds is 4. The first-order valence-corrected chi connectivity index (χ1v) is 6.32. The Kier molecular flexibility index (Phi) is 3.29. The first kappa shape index (κ1) is 9.83. The van der Waals surface area contributed by atoms with Crippen LogP contribution in [0.5, 0.6) is 0 Å². The van der Waals surface area contributed by atoms with Gasteiger partial charge in [-0.15, -0.1) is 11.3 Å². The van der Waals surface area contributed by atoms with Gasteiger partial charge in [-0.2, -0.15) is 11.3 Å². The van der Waals surface area contributed by atoms with Gasteiger partial charge >= 0.3 is 0 Å². The largest absolute Gasteiger partial charge is 0.304 e. The molecule has 0 fully saturated rings. The molecule has 0 amide bonds. The quantitative estimate of drug-likeness (QED) is 0.863. The topological polar surface area (TPSA) is 24.9 Å². The highest BCUT2D eigenvalue weighted by atomic mass is 32.1. The molecule has 14 heavy (non-hydrogen) atoms. The Labute approximate surface area is 91.6 Å². The van der Waals surface area contributed by atoms with Crippen LogP contribution in [0, 0.1) is 0 Å². The van der Waals surface area contributed by atoms with Crippen LogP contribution < -0.4 is 5.32 Å². The van der Waals surface area contributed by atoms with Gasteiger partial charge in [0.15, 0.2) is 0 Å². The van der Waals surface area contributed by atoms with Crippen LogP contribution in [0.3, 0.4) is 0 Å². The minimum Gasteiger partial charge on any atom is -0.304 e. The van der Waals surface area contributed by atoms with Crippen LogP contribution in [0.15, 0.2) is 28.4 Å². The zero-order chi connectivity index (χ0) is 9.80. The molecule has 0 saturated carbocycles. The first-order valence-electron chi connectivity index (χ1n) is 4.50. The third-order valence-corrected chi connectivity index (χ3v) is 3.57. The summed E-state index contributed by atoms with van der Waals surface area (Å²) in [6.07, 6.45) is 1.84. The molecule has 2 aromatic heterocycles. The Morgan fingerprint density at radius 3 is 3.07 bits per heavy atom. The van der Waals surface area contributed by atoms with Crippen molar-refractivity contribution in [3.63, 3.8) is 0 Å². The molecule has 0 aliphatic carbocycles. The van der Waals surface area contributed by atoms with E-state index in [0.29, 0.717) is 6.04 Å². The lowest BCUT2D eigenvalue weighted by atomic mass is 10.2. The van der Waals surface area contributed by atoms with Crippen LogP contribution in [0.4, 0.5) is 0 Å². The van der Waals surface area contributed by atoms with E-state index in [4.69, 9.17) is 0 Å². The molecule has 4 heteroatoms. The summed E-state index contributed by atoms with van der Waals surface area (Å²) in [6, 6.07) is 2.56. The van der Waals surface area contributed by atoms with Gasteiger partial charge in [0.2, 0.25) is 0 Å². The number of aromatic nitrogens is 1. The zero-order valence-electron chi connectivity index (χ0n) is 7.93. The first-order chi connectivity index (χ1) is 6.86. The van der Waals surface area contributed by atoms with Crippen molar-refractivity contribution in [3.05, 3.63) is 39.0 Å². The molecular weight excluding hydrogens is 212 g/mol. The van der Waals surface area contributed by atoms with Crippen LogP contribution in [-0.4, -0.2) is 4.98 Å². The molecule has 1 N–H and O–H groups in total. The highest BCUT2D eigenvalue weighted by Gasteiger charge is 2.05. The van der Waals surface area contributed by atoms with Crippen LogP contribution in [-0.2, 0) is 6.54 Å². The van der Waals surface area contributed by atoms with Gasteiger partial charge in [-0.3, -0.25) is 0 Å². The fourth-order valence-electron chi connectivity index (χ4n) is 1.22. The van der Waals surface area contributed by atoms with Gasteiger partial charge in [-0.25, -0.2) is 4.98 Å². The standard InChI is InChI=1S/C10H12N2S2/c1-8(9-2-4-13-7-9)12-6-10-11-3-5-14-10/h2-5,7-8,12H,6H2,1H3. The maximum absolute atomic E-state index is 4.23. The third-order valence-electron chi connectivity index (χ3n) is 2.09. The molecule has 0 bridgehead atoms. The van der Waals surface area contributed by atoms with Crippen LogP contribution >= 0.6 is 22.7 Å². The van der Waals surface area contributed by atoms with Crippen molar-refractivity contribution in [2.75, 3.05) is 0 Å². The molecular formula is C10H12N2S2. The fraction of sp³-hybridized carbons (Fsp3) is 0.300. The van der Waals surface area contributed by atoms with E-state index < -0.39 is 0 Å². The van der Waals surface area contributed by atoms with E-state index in [9.17, 15) is 0 Å². The van der Waals surface area contributed by atoms with Gasteiger partial charge in [-0.1, -0.05) is 0 Å². The lowest BCUT2D eigenvalue weighted by Gasteiger charge is -2.10. The Balaban J connectivity index is 1.87. The predicted molar refractivity (Wildman–Crippen MR) is 61.7 cm³/mol. The van der Waals surface area contributed by atoms with Gasteiger partial charge in [0.25, 0.3) is 0 Å². The van der Waals surface area contributed by atoms with Crippen molar-refractivity contribution < 1.29 is 0 Å². The molecule has 0 aliphatic heterocycles. The van der Waals surface area contributed by atoms with Crippen LogP contribution in [0.2, 0.25) is 0 Å². The molecule has 2 aromatic rings. The van der Waals surface area contributed by atoms with Gasteiger partial charge < -0.3 is 5.32 Å². The number of thiophene rings is 1.